The van der Waals surface area contributed by atoms with Crippen molar-refractivity contribution in [3.8, 4) is 6.07 Å². The Morgan fingerprint density at radius 3 is 3.00 bits per heavy atom. The number of carbonyl (C=O) groups is 1. The SMILES string of the molecule is Cc1ccc(NC(=O)Cn2cnc(C#N)n2)c(Cl)c1. The Morgan fingerprint density at radius 1 is 1.58 bits per heavy atom. The Hall–Kier alpha value is -2.39. The summed E-state index contributed by atoms with van der Waals surface area (Å²) in [6, 6.07) is 7.14. The van der Waals surface area contributed by atoms with Crippen LogP contribution in [0.4, 0.5) is 5.69 Å². The van der Waals surface area contributed by atoms with Crippen molar-refractivity contribution < 1.29 is 4.79 Å². The predicted molar refractivity (Wildman–Crippen MR) is 69.6 cm³/mol. The van der Waals surface area contributed by atoms with Gasteiger partial charge in [-0.25, -0.2) is 9.67 Å². The minimum Gasteiger partial charge on any atom is -0.323 e. The highest BCUT2D eigenvalue weighted by Crippen LogP contribution is 2.22. The number of anilines is 1. The topological polar surface area (TPSA) is 83.6 Å². The van der Waals surface area contributed by atoms with Crippen molar-refractivity contribution in [1.29, 1.82) is 5.26 Å². The van der Waals surface area contributed by atoms with E-state index in [0.717, 1.165) is 5.56 Å². The van der Waals surface area contributed by atoms with E-state index in [4.69, 9.17) is 16.9 Å². The fraction of sp³-hybridized carbons (Fsp3) is 0.167. The van der Waals surface area contributed by atoms with Crippen LogP contribution in [0.3, 0.4) is 0 Å². The zero-order valence-electron chi connectivity index (χ0n) is 10.1. The van der Waals surface area contributed by atoms with E-state index in [9.17, 15) is 4.79 Å². The Labute approximate surface area is 114 Å². The average Bonchev–Trinajstić information content (AvgIpc) is 2.80. The molecular formula is C12H10ClN5O. The molecule has 0 saturated heterocycles. The molecule has 96 valence electrons. The summed E-state index contributed by atoms with van der Waals surface area (Å²) in [5.41, 5.74) is 1.55. The van der Waals surface area contributed by atoms with Crippen LogP contribution in [0, 0.1) is 18.3 Å². The summed E-state index contributed by atoms with van der Waals surface area (Å²) in [7, 11) is 0. The molecule has 0 unspecified atom stereocenters. The van der Waals surface area contributed by atoms with Crippen molar-refractivity contribution in [2.75, 3.05) is 5.32 Å². The van der Waals surface area contributed by atoms with Crippen LogP contribution in [0.1, 0.15) is 11.4 Å². The van der Waals surface area contributed by atoms with Gasteiger partial charge in [0.1, 0.15) is 18.9 Å². The number of hydrogen-bond donors (Lipinski definition) is 1. The van der Waals surface area contributed by atoms with Gasteiger partial charge in [-0.3, -0.25) is 4.79 Å². The number of nitrogens with one attached hydrogen (secondary N) is 1. The largest absolute Gasteiger partial charge is 0.323 e. The van der Waals surface area contributed by atoms with Crippen LogP contribution in [0.15, 0.2) is 24.5 Å². The number of halogens is 1. The molecule has 0 atom stereocenters. The van der Waals surface area contributed by atoms with Crippen LogP contribution in [0.2, 0.25) is 5.02 Å². The Kier molecular flexibility index (Phi) is 3.78. The molecule has 1 aromatic heterocycles. The first-order chi connectivity index (χ1) is 9.08. The first kappa shape index (κ1) is 13.1. The summed E-state index contributed by atoms with van der Waals surface area (Å²) >= 11 is 6.01. The van der Waals surface area contributed by atoms with E-state index in [1.165, 1.54) is 11.0 Å². The zero-order chi connectivity index (χ0) is 13.8. The molecule has 7 heteroatoms. The molecule has 0 radical (unpaired) electrons. The second-order valence-electron chi connectivity index (χ2n) is 3.91. The quantitative estimate of drug-likeness (QED) is 0.925. The third kappa shape index (κ3) is 3.30. The van der Waals surface area contributed by atoms with Gasteiger partial charge in [-0.15, -0.1) is 5.10 Å². The monoisotopic (exact) mass is 275 g/mol. The lowest BCUT2D eigenvalue weighted by Crippen LogP contribution is -2.19. The molecule has 0 aliphatic carbocycles. The van der Waals surface area contributed by atoms with E-state index < -0.39 is 0 Å². The maximum atomic E-state index is 11.8. The van der Waals surface area contributed by atoms with Crippen molar-refractivity contribution >= 4 is 23.2 Å². The van der Waals surface area contributed by atoms with Gasteiger partial charge in [-0.1, -0.05) is 17.7 Å². The standard InChI is InChI=1S/C12H10ClN5O/c1-8-2-3-10(9(13)4-8)16-12(19)6-18-7-15-11(5-14)17-18/h2-4,7H,6H2,1H3,(H,16,19). The van der Waals surface area contributed by atoms with E-state index >= 15 is 0 Å². The highest BCUT2D eigenvalue weighted by Gasteiger charge is 2.08. The lowest BCUT2D eigenvalue weighted by atomic mass is 10.2. The zero-order valence-corrected chi connectivity index (χ0v) is 10.8. The Morgan fingerprint density at radius 2 is 2.37 bits per heavy atom. The number of hydrogen-bond acceptors (Lipinski definition) is 4. The van der Waals surface area contributed by atoms with Crippen LogP contribution in [0.25, 0.3) is 0 Å². The molecule has 0 fully saturated rings. The lowest BCUT2D eigenvalue weighted by molar-refractivity contribution is -0.116. The maximum Gasteiger partial charge on any atom is 0.252 e. The smallest absolute Gasteiger partial charge is 0.252 e. The number of nitriles is 1. The summed E-state index contributed by atoms with van der Waals surface area (Å²) < 4.78 is 1.29. The predicted octanol–water partition coefficient (Wildman–Crippen LogP) is 1.75. The molecule has 0 spiro atoms. The van der Waals surface area contributed by atoms with Gasteiger partial charge in [0.05, 0.1) is 10.7 Å². The van der Waals surface area contributed by atoms with E-state index in [-0.39, 0.29) is 18.3 Å². The first-order valence-corrected chi connectivity index (χ1v) is 5.82. The van der Waals surface area contributed by atoms with Crippen LogP contribution < -0.4 is 5.32 Å². The van der Waals surface area contributed by atoms with E-state index in [1.54, 1.807) is 18.2 Å². The molecule has 6 nitrogen and oxygen atoms in total. The fourth-order valence-electron chi connectivity index (χ4n) is 1.48. The molecule has 19 heavy (non-hydrogen) atoms. The highest BCUT2D eigenvalue weighted by atomic mass is 35.5. The summed E-state index contributed by atoms with van der Waals surface area (Å²) in [6.07, 6.45) is 1.33. The van der Waals surface area contributed by atoms with Gasteiger partial charge >= 0.3 is 0 Å². The third-order valence-corrected chi connectivity index (χ3v) is 2.65. The Bertz CT molecular complexity index is 658. The molecule has 2 rings (SSSR count). The molecular weight excluding hydrogens is 266 g/mol. The molecule has 1 amide bonds. The molecule has 2 aromatic rings. The van der Waals surface area contributed by atoms with Crippen molar-refractivity contribution in [2.24, 2.45) is 0 Å². The summed E-state index contributed by atoms with van der Waals surface area (Å²) in [5.74, 6) is -0.263. The van der Waals surface area contributed by atoms with Gasteiger partial charge in [-0.05, 0) is 24.6 Å². The van der Waals surface area contributed by atoms with Crippen LogP contribution in [-0.2, 0) is 11.3 Å². The van der Waals surface area contributed by atoms with Crippen molar-refractivity contribution in [3.05, 3.63) is 40.9 Å². The summed E-state index contributed by atoms with van der Waals surface area (Å²) in [4.78, 5) is 15.5. The minimum atomic E-state index is -0.292. The van der Waals surface area contributed by atoms with Gasteiger partial charge in [0, 0.05) is 0 Å². The number of aromatic nitrogens is 3. The van der Waals surface area contributed by atoms with Crippen LogP contribution >= 0.6 is 11.6 Å². The van der Waals surface area contributed by atoms with E-state index in [0.29, 0.717) is 10.7 Å². The molecule has 1 aromatic carbocycles. The normalized spacial score (nSPS) is 9.95. The number of nitrogens with zero attached hydrogens (tertiary/aromatic N) is 4. The van der Waals surface area contributed by atoms with E-state index in [1.807, 2.05) is 13.0 Å². The highest BCUT2D eigenvalue weighted by molar-refractivity contribution is 6.33. The van der Waals surface area contributed by atoms with Crippen molar-refractivity contribution in [2.45, 2.75) is 13.5 Å². The summed E-state index contributed by atoms with van der Waals surface area (Å²) in [6.45, 7) is 1.88. The van der Waals surface area contributed by atoms with Gasteiger partial charge in [0.2, 0.25) is 5.91 Å². The van der Waals surface area contributed by atoms with Crippen LogP contribution in [-0.4, -0.2) is 20.7 Å². The minimum absolute atomic E-state index is 0.0289. The molecule has 0 bridgehead atoms. The first-order valence-electron chi connectivity index (χ1n) is 5.44. The van der Waals surface area contributed by atoms with Gasteiger partial charge in [0.25, 0.3) is 5.82 Å². The number of aryl methyl sites for hydroxylation is 1. The Balaban J connectivity index is 2.03. The van der Waals surface area contributed by atoms with Crippen LogP contribution in [0.5, 0.6) is 0 Å². The van der Waals surface area contributed by atoms with Gasteiger partial charge < -0.3 is 5.32 Å². The second-order valence-corrected chi connectivity index (χ2v) is 4.32. The number of carbonyl (C=O) groups excluding carboxylic acids is 1. The fourth-order valence-corrected chi connectivity index (χ4v) is 1.76. The number of rotatable bonds is 3. The van der Waals surface area contributed by atoms with Gasteiger partial charge in [0.15, 0.2) is 0 Å². The van der Waals surface area contributed by atoms with Crippen molar-refractivity contribution in [1.82, 2.24) is 14.8 Å². The molecule has 1 N–H and O–H groups in total. The average molecular weight is 276 g/mol. The van der Waals surface area contributed by atoms with Crippen molar-refractivity contribution in [3.63, 3.8) is 0 Å². The molecule has 1 heterocycles. The van der Waals surface area contributed by atoms with Gasteiger partial charge in [-0.2, -0.15) is 5.26 Å². The second kappa shape index (κ2) is 5.50. The maximum absolute atomic E-state index is 11.8. The van der Waals surface area contributed by atoms with E-state index in [2.05, 4.69) is 15.4 Å². The molecule has 0 saturated carbocycles. The summed E-state index contributed by atoms with van der Waals surface area (Å²) in [5, 5.41) is 15.5. The molecule has 0 aliphatic rings. The number of benzene rings is 1. The lowest BCUT2D eigenvalue weighted by Gasteiger charge is -2.07. The number of amides is 1. The third-order valence-electron chi connectivity index (χ3n) is 2.34. The molecule has 0 aliphatic heterocycles.